The van der Waals surface area contributed by atoms with Crippen molar-refractivity contribution >= 4 is 21.8 Å². The Morgan fingerprint density at radius 2 is 2.11 bits per heavy atom. The number of aryl methyl sites for hydroxylation is 2. The van der Waals surface area contributed by atoms with Crippen molar-refractivity contribution in [1.82, 2.24) is 9.55 Å². The summed E-state index contributed by atoms with van der Waals surface area (Å²) in [6.45, 7) is 1.89. The SMILES string of the molecule is CCCc1nc(S(N)(=O)=O)cn1CCSC(F)(F)F. The molecule has 0 amide bonds. The van der Waals surface area contributed by atoms with E-state index in [-0.39, 0.29) is 29.1 Å². The molecule has 0 aliphatic rings. The van der Waals surface area contributed by atoms with Gasteiger partial charge in [-0.2, -0.15) is 13.2 Å². The molecule has 110 valence electrons. The van der Waals surface area contributed by atoms with Gasteiger partial charge in [0.15, 0.2) is 5.03 Å². The Morgan fingerprint density at radius 3 is 2.58 bits per heavy atom. The number of hydrogen-bond acceptors (Lipinski definition) is 4. The molecule has 1 heterocycles. The zero-order valence-corrected chi connectivity index (χ0v) is 11.8. The van der Waals surface area contributed by atoms with Crippen molar-refractivity contribution < 1.29 is 21.6 Å². The zero-order valence-electron chi connectivity index (χ0n) is 10.1. The standard InChI is InChI=1S/C9H14F3N3O2S2/c1-2-3-7-14-8(19(13,16)17)6-15(7)4-5-18-9(10,11)12/h6H,2-5H2,1H3,(H2,13,16,17). The summed E-state index contributed by atoms with van der Waals surface area (Å²) in [6, 6.07) is 0. The van der Waals surface area contributed by atoms with Crippen molar-refractivity contribution in [2.45, 2.75) is 36.8 Å². The van der Waals surface area contributed by atoms with E-state index < -0.39 is 15.5 Å². The van der Waals surface area contributed by atoms with Gasteiger partial charge in [-0.05, 0) is 18.2 Å². The van der Waals surface area contributed by atoms with Crippen molar-refractivity contribution in [2.75, 3.05) is 5.75 Å². The Kier molecular flexibility index (Phi) is 5.27. The van der Waals surface area contributed by atoms with Gasteiger partial charge in [0.2, 0.25) is 0 Å². The first-order valence-electron chi connectivity index (χ1n) is 5.43. The van der Waals surface area contributed by atoms with E-state index in [0.29, 0.717) is 18.7 Å². The average molecular weight is 317 g/mol. The highest BCUT2D eigenvalue weighted by molar-refractivity contribution is 8.00. The van der Waals surface area contributed by atoms with Crippen LogP contribution >= 0.6 is 11.8 Å². The number of nitrogens with two attached hydrogens (primary N) is 1. The Balaban J connectivity index is 2.83. The minimum atomic E-state index is -4.30. The lowest BCUT2D eigenvalue weighted by atomic mass is 10.3. The molecule has 0 unspecified atom stereocenters. The number of sulfonamides is 1. The predicted octanol–water partition coefficient (Wildman–Crippen LogP) is 1.74. The van der Waals surface area contributed by atoms with Gasteiger partial charge < -0.3 is 4.57 Å². The minimum Gasteiger partial charge on any atom is -0.333 e. The lowest BCUT2D eigenvalue weighted by Gasteiger charge is -2.08. The fourth-order valence-corrected chi connectivity index (χ4v) is 2.47. The van der Waals surface area contributed by atoms with Gasteiger partial charge in [0.05, 0.1) is 0 Å². The number of thioether (sulfide) groups is 1. The average Bonchev–Trinajstić information content (AvgIpc) is 2.60. The molecule has 0 aromatic carbocycles. The summed E-state index contributed by atoms with van der Waals surface area (Å²) in [5.41, 5.74) is -4.30. The highest BCUT2D eigenvalue weighted by Crippen LogP contribution is 2.30. The summed E-state index contributed by atoms with van der Waals surface area (Å²) in [7, 11) is -3.94. The molecule has 0 radical (unpaired) electrons. The van der Waals surface area contributed by atoms with Gasteiger partial charge in [0.1, 0.15) is 5.82 Å². The number of halogens is 3. The van der Waals surface area contributed by atoms with E-state index in [1.54, 1.807) is 0 Å². The second kappa shape index (κ2) is 6.14. The van der Waals surface area contributed by atoms with Crippen LogP contribution in [0, 0.1) is 0 Å². The summed E-state index contributed by atoms with van der Waals surface area (Å²) < 4.78 is 59.8. The fraction of sp³-hybridized carbons (Fsp3) is 0.667. The maximum absolute atomic E-state index is 12.0. The maximum Gasteiger partial charge on any atom is 0.441 e. The molecule has 5 nitrogen and oxygen atoms in total. The summed E-state index contributed by atoms with van der Waals surface area (Å²) >= 11 is -0.157. The largest absolute Gasteiger partial charge is 0.441 e. The number of aromatic nitrogens is 2. The number of nitrogens with zero attached hydrogens (tertiary/aromatic N) is 2. The van der Waals surface area contributed by atoms with E-state index in [1.807, 2.05) is 6.92 Å². The van der Waals surface area contributed by atoms with Crippen LogP contribution in [-0.4, -0.2) is 29.2 Å². The van der Waals surface area contributed by atoms with Crippen molar-refractivity contribution in [3.05, 3.63) is 12.0 Å². The van der Waals surface area contributed by atoms with Crippen LogP contribution in [0.3, 0.4) is 0 Å². The Bertz CT molecular complexity index is 525. The normalized spacial score (nSPS) is 12.9. The molecule has 1 aromatic rings. The van der Waals surface area contributed by atoms with Crippen molar-refractivity contribution in [3.63, 3.8) is 0 Å². The Labute approximate surface area is 113 Å². The van der Waals surface area contributed by atoms with Crippen LogP contribution in [0.15, 0.2) is 11.2 Å². The quantitative estimate of drug-likeness (QED) is 0.867. The summed E-state index contributed by atoms with van der Waals surface area (Å²) in [5, 5.41) is 4.63. The highest BCUT2D eigenvalue weighted by Gasteiger charge is 2.27. The van der Waals surface area contributed by atoms with E-state index in [9.17, 15) is 21.6 Å². The highest BCUT2D eigenvalue weighted by atomic mass is 32.2. The molecule has 0 bridgehead atoms. The van der Waals surface area contributed by atoms with Gasteiger partial charge in [-0.3, -0.25) is 0 Å². The molecule has 0 saturated heterocycles. The van der Waals surface area contributed by atoms with Crippen LogP contribution < -0.4 is 5.14 Å². The molecule has 1 rings (SSSR count). The monoisotopic (exact) mass is 317 g/mol. The summed E-state index contributed by atoms with van der Waals surface area (Å²) in [4.78, 5) is 3.85. The van der Waals surface area contributed by atoms with Crippen molar-refractivity contribution in [3.8, 4) is 0 Å². The molecule has 0 fully saturated rings. The molecule has 1 aromatic heterocycles. The van der Waals surface area contributed by atoms with Crippen LogP contribution in [0.5, 0.6) is 0 Å². The van der Waals surface area contributed by atoms with Crippen LogP contribution in [0.4, 0.5) is 13.2 Å². The molecule has 0 aliphatic carbocycles. The number of hydrogen-bond donors (Lipinski definition) is 1. The topological polar surface area (TPSA) is 78.0 Å². The maximum atomic E-state index is 12.0. The van der Waals surface area contributed by atoms with Crippen molar-refractivity contribution in [2.24, 2.45) is 5.14 Å². The van der Waals surface area contributed by atoms with Gasteiger partial charge in [0.25, 0.3) is 10.0 Å². The Hall–Kier alpha value is -0.740. The lowest BCUT2D eigenvalue weighted by molar-refractivity contribution is -0.0328. The number of alkyl halides is 3. The molecule has 0 atom stereocenters. The molecule has 10 heteroatoms. The number of imidazole rings is 1. The molecular weight excluding hydrogens is 303 g/mol. The smallest absolute Gasteiger partial charge is 0.333 e. The molecule has 2 N–H and O–H groups in total. The third kappa shape index (κ3) is 5.41. The van der Waals surface area contributed by atoms with E-state index in [1.165, 1.54) is 10.8 Å². The molecular formula is C9H14F3N3O2S2. The Morgan fingerprint density at radius 1 is 1.47 bits per heavy atom. The van der Waals surface area contributed by atoms with E-state index >= 15 is 0 Å². The second-order valence-corrected chi connectivity index (χ2v) is 6.45. The first-order valence-corrected chi connectivity index (χ1v) is 7.96. The second-order valence-electron chi connectivity index (χ2n) is 3.78. The molecule has 0 aliphatic heterocycles. The third-order valence-electron chi connectivity index (χ3n) is 2.20. The fourth-order valence-electron chi connectivity index (χ4n) is 1.44. The zero-order chi connectivity index (χ0) is 14.7. The van der Waals surface area contributed by atoms with E-state index in [4.69, 9.17) is 5.14 Å². The van der Waals surface area contributed by atoms with Crippen LogP contribution in [0.25, 0.3) is 0 Å². The summed E-state index contributed by atoms with van der Waals surface area (Å²) in [5.74, 6) is 0.218. The van der Waals surface area contributed by atoms with Gasteiger partial charge in [0, 0.05) is 24.9 Å². The number of rotatable bonds is 6. The summed E-state index contributed by atoms with van der Waals surface area (Å²) in [6.07, 6.45) is 2.36. The minimum absolute atomic E-state index is 0.0298. The lowest BCUT2D eigenvalue weighted by Crippen LogP contribution is -2.12. The predicted molar refractivity (Wildman–Crippen MR) is 66.1 cm³/mol. The van der Waals surface area contributed by atoms with Crippen LogP contribution in [0.1, 0.15) is 19.2 Å². The van der Waals surface area contributed by atoms with Gasteiger partial charge >= 0.3 is 5.51 Å². The first kappa shape index (κ1) is 16.3. The van der Waals surface area contributed by atoms with Crippen molar-refractivity contribution in [1.29, 1.82) is 0 Å². The van der Waals surface area contributed by atoms with Crippen LogP contribution in [-0.2, 0) is 23.0 Å². The van der Waals surface area contributed by atoms with E-state index in [0.717, 1.165) is 0 Å². The first-order chi connectivity index (χ1) is 8.63. The molecule has 0 saturated carbocycles. The van der Waals surface area contributed by atoms with Gasteiger partial charge in [-0.1, -0.05) is 6.92 Å². The van der Waals surface area contributed by atoms with E-state index in [2.05, 4.69) is 4.98 Å². The van der Waals surface area contributed by atoms with Crippen LogP contribution in [0.2, 0.25) is 0 Å². The van der Waals surface area contributed by atoms with Gasteiger partial charge in [-0.15, -0.1) is 0 Å². The third-order valence-corrected chi connectivity index (χ3v) is 3.69. The molecule has 0 spiro atoms. The number of primary sulfonamides is 1. The van der Waals surface area contributed by atoms with Gasteiger partial charge in [-0.25, -0.2) is 18.5 Å². The molecule has 19 heavy (non-hydrogen) atoms.